The van der Waals surface area contributed by atoms with Crippen molar-refractivity contribution >= 4 is 33.3 Å². The Balaban J connectivity index is 2.23. The molecule has 0 unspecified atom stereocenters. The molecule has 5 heteroatoms. The van der Waals surface area contributed by atoms with Gasteiger partial charge < -0.3 is 5.32 Å². The summed E-state index contributed by atoms with van der Waals surface area (Å²) < 4.78 is 14.2. The van der Waals surface area contributed by atoms with Gasteiger partial charge >= 0.3 is 0 Å². The van der Waals surface area contributed by atoms with Gasteiger partial charge in [0.15, 0.2) is 5.78 Å². The van der Waals surface area contributed by atoms with Crippen LogP contribution in [0.4, 0.5) is 10.1 Å². The van der Waals surface area contributed by atoms with Crippen LogP contribution in [0, 0.1) is 5.82 Å². The quantitative estimate of drug-likeness (QED) is 0.860. The van der Waals surface area contributed by atoms with Crippen molar-refractivity contribution in [2.75, 3.05) is 5.32 Å². The highest BCUT2D eigenvalue weighted by Gasteiger charge is 2.12. The van der Waals surface area contributed by atoms with Crippen LogP contribution in [0.25, 0.3) is 0 Å². The number of benzene rings is 2. The highest BCUT2D eigenvalue weighted by atomic mass is 79.9. The maximum atomic E-state index is 13.7. The summed E-state index contributed by atoms with van der Waals surface area (Å²) >= 11 is 3.13. The van der Waals surface area contributed by atoms with Crippen LogP contribution in [0.3, 0.4) is 0 Å². The standard InChI is InChI=1S/C15H11BrFNO2/c1-9(19)10-3-2-4-12(7-10)18-15(20)13-6-5-11(16)8-14(13)17/h2-8H,1H3,(H,18,20). The van der Waals surface area contributed by atoms with Crippen LogP contribution in [0.15, 0.2) is 46.9 Å². The first kappa shape index (κ1) is 14.4. The minimum absolute atomic E-state index is 0.0542. The van der Waals surface area contributed by atoms with Gasteiger partial charge in [0.2, 0.25) is 0 Å². The lowest BCUT2D eigenvalue weighted by atomic mass is 10.1. The van der Waals surface area contributed by atoms with Crippen molar-refractivity contribution in [2.45, 2.75) is 6.92 Å². The van der Waals surface area contributed by atoms with Gasteiger partial charge in [-0.05, 0) is 37.3 Å². The van der Waals surface area contributed by atoms with Crippen LogP contribution < -0.4 is 5.32 Å². The molecule has 0 aliphatic heterocycles. The molecule has 2 aromatic carbocycles. The summed E-state index contributed by atoms with van der Waals surface area (Å²) in [7, 11) is 0. The molecule has 0 aliphatic carbocycles. The Kier molecular flexibility index (Phi) is 4.29. The second kappa shape index (κ2) is 5.96. The zero-order valence-corrected chi connectivity index (χ0v) is 12.2. The first-order valence-electron chi connectivity index (χ1n) is 5.85. The van der Waals surface area contributed by atoms with E-state index >= 15 is 0 Å². The van der Waals surface area contributed by atoms with Crippen LogP contribution in [-0.2, 0) is 0 Å². The number of halogens is 2. The number of hydrogen-bond acceptors (Lipinski definition) is 2. The van der Waals surface area contributed by atoms with E-state index in [9.17, 15) is 14.0 Å². The van der Waals surface area contributed by atoms with Crippen molar-refractivity contribution in [1.29, 1.82) is 0 Å². The lowest BCUT2D eigenvalue weighted by Crippen LogP contribution is -2.14. The molecule has 0 saturated heterocycles. The summed E-state index contributed by atoms with van der Waals surface area (Å²) in [6.45, 7) is 1.44. The molecule has 0 aliphatic rings. The van der Waals surface area contributed by atoms with Crippen LogP contribution in [0.2, 0.25) is 0 Å². The van der Waals surface area contributed by atoms with Crippen molar-refractivity contribution in [3.8, 4) is 0 Å². The van der Waals surface area contributed by atoms with E-state index in [0.717, 1.165) is 0 Å². The topological polar surface area (TPSA) is 46.2 Å². The average Bonchev–Trinajstić information content (AvgIpc) is 2.38. The summed E-state index contributed by atoms with van der Waals surface area (Å²) in [4.78, 5) is 23.2. The molecular weight excluding hydrogens is 325 g/mol. The molecule has 0 bridgehead atoms. The highest BCUT2D eigenvalue weighted by Crippen LogP contribution is 2.17. The normalized spacial score (nSPS) is 10.2. The molecule has 0 radical (unpaired) electrons. The number of rotatable bonds is 3. The SMILES string of the molecule is CC(=O)c1cccc(NC(=O)c2ccc(Br)cc2F)c1. The van der Waals surface area contributed by atoms with Gasteiger partial charge in [-0.2, -0.15) is 0 Å². The predicted octanol–water partition coefficient (Wildman–Crippen LogP) is 4.04. The Bertz CT molecular complexity index is 685. The lowest BCUT2D eigenvalue weighted by molar-refractivity contribution is 0.100. The third-order valence-electron chi connectivity index (χ3n) is 2.70. The van der Waals surface area contributed by atoms with Gasteiger partial charge in [0.25, 0.3) is 5.91 Å². The zero-order valence-electron chi connectivity index (χ0n) is 10.6. The fraction of sp³-hybridized carbons (Fsp3) is 0.0667. The molecule has 2 aromatic rings. The maximum absolute atomic E-state index is 13.7. The van der Waals surface area contributed by atoms with E-state index < -0.39 is 11.7 Å². The molecule has 3 nitrogen and oxygen atoms in total. The van der Waals surface area contributed by atoms with Gasteiger partial charge in [-0.25, -0.2) is 4.39 Å². The highest BCUT2D eigenvalue weighted by molar-refractivity contribution is 9.10. The molecule has 0 heterocycles. The number of nitrogens with one attached hydrogen (secondary N) is 1. The lowest BCUT2D eigenvalue weighted by Gasteiger charge is -2.07. The Morgan fingerprint density at radius 1 is 1.15 bits per heavy atom. The van der Waals surface area contributed by atoms with Crippen LogP contribution >= 0.6 is 15.9 Å². The van der Waals surface area contributed by atoms with Crippen molar-refractivity contribution < 1.29 is 14.0 Å². The molecular formula is C15H11BrFNO2. The monoisotopic (exact) mass is 335 g/mol. The Morgan fingerprint density at radius 3 is 2.55 bits per heavy atom. The third kappa shape index (κ3) is 3.30. The van der Waals surface area contributed by atoms with E-state index in [1.165, 1.54) is 19.1 Å². The van der Waals surface area contributed by atoms with Crippen LogP contribution in [0.5, 0.6) is 0 Å². The summed E-state index contributed by atoms with van der Waals surface area (Å²) in [6.07, 6.45) is 0. The summed E-state index contributed by atoms with van der Waals surface area (Å²) in [5.74, 6) is -1.27. The van der Waals surface area contributed by atoms with Crippen molar-refractivity contribution in [3.63, 3.8) is 0 Å². The Hall–Kier alpha value is -2.01. The number of carbonyl (C=O) groups is 2. The van der Waals surface area contributed by atoms with Gasteiger partial charge in [-0.3, -0.25) is 9.59 Å². The molecule has 0 aromatic heterocycles. The maximum Gasteiger partial charge on any atom is 0.258 e. The van der Waals surface area contributed by atoms with Gasteiger partial charge in [0.05, 0.1) is 5.56 Å². The fourth-order valence-corrected chi connectivity index (χ4v) is 2.02. The minimum atomic E-state index is -0.611. The van der Waals surface area contributed by atoms with Gasteiger partial charge in [-0.15, -0.1) is 0 Å². The molecule has 0 fully saturated rings. The van der Waals surface area contributed by atoms with E-state index in [4.69, 9.17) is 0 Å². The first-order chi connectivity index (χ1) is 9.47. The Morgan fingerprint density at radius 2 is 1.90 bits per heavy atom. The molecule has 0 spiro atoms. The number of hydrogen-bond donors (Lipinski definition) is 1. The van der Waals surface area contributed by atoms with Crippen molar-refractivity contribution in [3.05, 3.63) is 63.9 Å². The van der Waals surface area contributed by atoms with Crippen LogP contribution in [-0.4, -0.2) is 11.7 Å². The number of anilines is 1. The zero-order chi connectivity index (χ0) is 14.7. The molecule has 0 atom stereocenters. The third-order valence-corrected chi connectivity index (χ3v) is 3.20. The van der Waals surface area contributed by atoms with Gasteiger partial charge in [0, 0.05) is 15.7 Å². The molecule has 1 amide bonds. The van der Waals surface area contributed by atoms with Gasteiger partial charge in [-0.1, -0.05) is 28.1 Å². The Labute approximate surface area is 123 Å². The number of Topliss-reactive ketones (excluding diaryl/α,β-unsaturated/α-hetero) is 1. The molecule has 1 N–H and O–H groups in total. The largest absolute Gasteiger partial charge is 0.322 e. The first-order valence-corrected chi connectivity index (χ1v) is 6.64. The predicted molar refractivity (Wildman–Crippen MR) is 78.5 cm³/mol. The van der Waals surface area contributed by atoms with E-state index in [2.05, 4.69) is 21.2 Å². The second-order valence-corrected chi connectivity index (χ2v) is 5.13. The number of amides is 1. The van der Waals surface area contributed by atoms with E-state index in [0.29, 0.717) is 15.7 Å². The van der Waals surface area contributed by atoms with Crippen LogP contribution in [0.1, 0.15) is 27.6 Å². The number of ketones is 1. The summed E-state index contributed by atoms with van der Waals surface area (Å²) in [5, 5.41) is 2.57. The summed E-state index contributed by atoms with van der Waals surface area (Å²) in [5.41, 5.74) is 0.880. The summed E-state index contributed by atoms with van der Waals surface area (Å²) in [6, 6.07) is 10.7. The van der Waals surface area contributed by atoms with E-state index in [1.807, 2.05) is 0 Å². The van der Waals surface area contributed by atoms with E-state index in [1.54, 1.807) is 30.3 Å². The van der Waals surface area contributed by atoms with Crippen molar-refractivity contribution in [2.24, 2.45) is 0 Å². The molecule has 102 valence electrons. The molecule has 2 rings (SSSR count). The molecule has 20 heavy (non-hydrogen) atoms. The fourth-order valence-electron chi connectivity index (χ4n) is 1.69. The average molecular weight is 336 g/mol. The molecule has 0 saturated carbocycles. The second-order valence-electron chi connectivity index (χ2n) is 4.22. The van der Waals surface area contributed by atoms with E-state index in [-0.39, 0.29) is 11.3 Å². The minimum Gasteiger partial charge on any atom is -0.322 e. The smallest absolute Gasteiger partial charge is 0.258 e. The van der Waals surface area contributed by atoms with Crippen molar-refractivity contribution in [1.82, 2.24) is 0 Å². The number of carbonyl (C=O) groups excluding carboxylic acids is 2. The van der Waals surface area contributed by atoms with Gasteiger partial charge in [0.1, 0.15) is 5.82 Å².